The molecule has 2 rings (SSSR count). The molecule has 0 saturated carbocycles. The quantitative estimate of drug-likeness (QED) is 0.211. The van der Waals surface area contributed by atoms with Crippen molar-refractivity contribution in [3.63, 3.8) is 0 Å². The molecule has 3 nitrogen and oxygen atoms in total. The van der Waals surface area contributed by atoms with Crippen LogP contribution in [0.5, 0.6) is 0 Å². The number of hydrogen-bond donors (Lipinski definition) is 0. The standard InChI is InChI=1S/C35H53N2.C4H9O.Fe/c1-22(2)26-17-15-18-27(23(3)4)32(26)36-30(34(9,10)11)21-31(35(12,13)14)37-33-28(24(5)6)19-16-20-29(33)25(7)8;1-4(2,3)5;/h15-25H,1-14H3;1-3H3;/q2*-1;+2/b30-21-,37-31?;;. The maximum Gasteiger partial charge on any atom is 2.00 e. The van der Waals surface area contributed by atoms with Crippen molar-refractivity contribution in [2.24, 2.45) is 15.8 Å². The number of hydrogen-bond acceptors (Lipinski definition) is 2. The van der Waals surface area contributed by atoms with Gasteiger partial charge in [-0.15, -0.1) is 11.3 Å². The third-order valence-electron chi connectivity index (χ3n) is 6.96. The zero-order valence-electron chi connectivity index (χ0n) is 30.5. The van der Waals surface area contributed by atoms with Crippen LogP contribution in [-0.4, -0.2) is 11.3 Å². The summed E-state index contributed by atoms with van der Waals surface area (Å²) in [6.45, 7) is 36.6. The Labute approximate surface area is 276 Å². The third-order valence-corrected chi connectivity index (χ3v) is 6.96. The van der Waals surface area contributed by atoms with Crippen molar-refractivity contribution in [1.82, 2.24) is 0 Å². The molecule has 2 aromatic carbocycles. The van der Waals surface area contributed by atoms with E-state index >= 15 is 0 Å². The molecule has 0 heterocycles. The van der Waals surface area contributed by atoms with Gasteiger partial charge in [-0.1, -0.05) is 171 Å². The summed E-state index contributed by atoms with van der Waals surface area (Å²) in [4.78, 5) is 5.46. The van der Waals surface area contributed by atoms with Crippen LogP contribution in [-0.2, 0) is 17.1 Å². The summed E-state index contributed by atoms with van der Waals surface area (Å²) in [5.74, 6) is 1.61. The van der Waals surface area contributed by atoms with E-state index in [1.54, 1.807) is 20.8 Å². The molecule has 0 radical (unpaired) electrons. The van der Waals surface area contributed by atoms with Crippen molar-refractivity contribution in [2.75, 3.05) is 0 Å². The second-order valence-corrected chi connectivity index (χ2v) is 15.9. The monoisotopic (exact) mass is 630 g/mol. The van der Waals surface area contributed by atoms with Crippen LogP contribution in [0.1, 0.15) is 164 Å². The normalized spacial score (nSPS) is 13.3. The summed E-state index contributed by atoms with van der Waals surface area (Å²) in [6, 6.07) is 13.3. The number of para-hydroxylation sites is 2. The van der Waals surface area contributed by atoms with Gasteiger partial charge in [0.25, 0.3) is 0 Å². The van der Waals surface area contributed by atoms with E-state index in [-0.39, 0.29) is 27.9 Å². The molecule has 0 fully saturated rings. The maximum atomic E-state index is 10.1. The van der Waals surface area contributed by atoms with Gasteiger partial charge in [-0.05, 0) is 40.2 Å². The van der Waals surface area contributed by atoms with Crippen LogP contribution in [0.15, 0.2) is 53.2 Å². The smallest absolute Gasteiger partial charge is 0.850 e. The van der Waals surface area contributed by atoms with Crippen LogP contribution < -0.4 is 5.11 Å². The fourth-order valence-electron chi connectivity index (χ4n) is 4.49. The SMILES string of the molecule is CC(C)(C)[O-].CC(C)c1cccc(C(C)C)c1N=C(/C=C(\[N-]c1c(C(C)C)cccc1C(C)C)C(C)(C)C)C(C)(C)C.[Fe+2]. The molecule has 0 aliphatic heterocycles. The van der Waals surface area contributed by atoms with Gasteiger partial charge in [0, 0.05) is 11.1 Å². The third kappa shape index (κ3) is 13.3. The predicted octanol–water partition coefficient (Wildman–Crippen LogP) is 12.1. The van der Waals surface area contributed by atoms with E-state index < -0.39 is 5.60 Å². The number of benzene rings is 2. The van der Waals surface area contributed by atoms with Gasteiger partial charge < -0.3 is 10.4 Å². The molecule has 0 atom stereocenters. The first-order valence-electron chi connectivity index (χ1n) is 15.9. The maximum absolute atomic E-state index is 10.1. The Morgan fingerprint density at radius 3 is 1.23 bits per heavy atom. The topological polar surface area (TPSA) is 49.5 Å². The first kappa shape index (κ1) is 41.1. The fraction of sp³-hybridized carbons (Fsp3) is 0.615. The van der Waals surface area contributed by atoms with Crippen LogP contribution in [0.2, 0.25) is 0 Å². The van der Waals surface area contributed by atoms with Crippen molar-refractivity contribution in [3.8, 4) is 0 Å². The minimum Gasteiger partial charge on any atom is -0.850 e. The van der Waals surface area contributed by atoms with Gasteiger partial charge in [-0.3, -0.25) is 4.99 Å². The summed E-state index contributed by atoms with van der Waals surface area (Å²) in [6.07, 6.45) is 2.28. The Bertz CT molecular complexity index is 1150. The minimum absolute atomic E-state index is 0. The molecular formula is C39H62FeN2O. The zero-order valence-corrected chi connectivity index (χ0v) is 31.6. The van der Waals surface area contributed by atoms with Crippen molar-refractivity contribution < 1.29 is 22.2 Å². The molecule has 0 amide bonds. The largest absolute Gasteiger partial charge is 2.00 e. The van der Waals surface area contributed by atoms with E-state index in [0.29, 0.717) is 23.7 Å². The minimum atomic E-state index is -0.750. The second kappa shape index (κ2) is 16.4. The molecular weight excluding hydrogens is 568 g/mol. The number of nitrogens with zero attached hydrogens (tertiary/aromatic N) is 2. The average Bonchev–Trinajstić information content (AvgIpc) is 2.80. The molecule has 0 N–H and O–H groups in total. The van der Waals surface area contributed by atoms with Crippen LogP contribution >= 0.6 is 0 Å². The van der Waals surface area contributed by atoms with Gasteiger partial charge in [0.15, 0.2) is 0 Å². The summed E-state index contributed by atoms with van der Waals surface area (Å²) in [5.41, 5.74) is 8.62. The van der Waals surface area contributed by atoms with Gasteiger partial charge in [0.05, 0.1) is 5.69 Å². The van der Waals surface area contributed by atoms with E-state index in [4.69, 9.17) is 10.3 Å². The van der Waals surface area contributed by atoms with E-state index in [0.717, 1.165) is 22.8 Å². The molecule has 2 aromatic rings. The molecule has 4 heteroatoms. The van der Waals surface area contributed by atoms with Gasteiger partial charge in [-0.2, -0.15) is 5.70 Å². The number of allylic oxidation sites excluding steroid dienone is 2. The van der Waals surface area contributed by atoms with Crippen LogP contribution in [0.3, 0.4) is 0 Å². The van der Waals surface area contributed by atoms with Crippen molar-refractivity contribution >= 4 is 17.1 Å². The molecule has 0 aromatic heterocycles. The van der Waals surface area contributed by atoms with Gasteiger partial charge in [-0.25, -0.2) is 0 Å². The average molecular weight is 631 g/mol. The van der Waals surface area contributed by atoms with Gasteiger partial charge >= 0.3 is 17.1 Å². The fourth-order valence-corrected chi connectivity index (χ4v) is 4.49. The molecule has 0 aliphatic carbocycles. The van der Waals surface area contributed by atoms with Crippen molar-refractivity contribution in [1.29, 1.82) is 0 Å². The van der Waals surface area contributed by atoms with E-state index in [2.05, 4.69) is 139 Å². The first-order valence-corrected chi connectivity index (χ1v) is 15.9. The zero-order chi connectivity index (χ0) is 32.8. The molecule has 242 valence electrons. The Kier molecular flexibility index (Phi) is 15.7. The Balaban J connectivity index is 0.00000270. The van der Waals surface area contributed by atoms with E-state index in [1.807, 2.05) is 0 Å². The molecule has 0 saturated heterocycles. The van der Waals surface area contributed by atoms with Crippen LogP contribution in [0, 0.1) is 10.8 Å². The molecule has 43 heavy (non-hydrogen) atoms. The summed E-state index contributed by atoms with van der Waals surface area (Å²) >= 11 is 0. The Morgan fingerprint density at radius 2 is 0.953 bits per heavy atom. The summed E-state index contributed by atoms with van der Waals surface area (Å²) < 4.78 is 0. The molecule has 0 unspecified atom stereocenters. The van der Waals surface area contributed by atoms with Gasteiger partial charge in [0.1, 0.15) is 0 Å². The van der Waals surface area contributed by atoms with Crippen molar-refractivity contribution in [3.05, 3.63) is 75.7 Å². The predicted molar refractivity (Wildman–Crippen MR) is 186 cm³/mol. The van der Waals surface area contributed by atoms with Crippen LogP contribution in [0.25, 0.3) is 5.32 Å². The second-order valence-electron chi connectivity index (χ2n) is 15.9. The number of rotatable bonds is 8. The molecule has 0 bridgehead atoms. The summed E-state index contributed by atoms with van der Waals surface area (Å²) in [7, 11) is 0. The molecule has 0 spiro atoms. The number of aliphatic imine (C=N–C) groups is 1. The molecule has 0 aliphatic rings. The first-order chi connectivity index (χ1) is 18.9. The Morgan fingerprint density at radius 1 is 0.628 bits per heavy atom. The van der Waals surface area contributed by atoms with Crippen LogP contribution in [0.4, 0.5) is 11.4 Å². The van der Waals surface area contributed by atoms with E-state index in [1.165, 1.54) is 22.3 Å². The van der Waals surface area contributed by atoms with Crippen molar-refractivity contribution in [2.45, 2.75) is 147 Å². The summed E-state index contributed by atoms with van der Waals surface area (Å²) in [5, 5.41) is 15.6. The van der Waals surface area contributed by atoms with E-state index in [9.17, 15) is 5.11 Å². The van der Waals surface area contributed by atoms with Gasteiger partial charge in [0.2, 0.25) is 0 Å². The Hall–Kier alpha value is -1.87.